The van der Waals surface area contributed by atoms with Crippen LogP contribution < -0.4 is 10.2 Å². The molecule has 0 aliphatic heterocycles. The third-order valence-electron chi connectivity index (χ3n) is 6.65. The van der Waals surface area contributed by atoms with Crippen molar-refractivity contribution in [1.29, 1.82) is 0 Å². The minimum Gasteiger partial charge on any atom is -0.339 e. The number of alkyl halides is 3. The van der Waals surface area contributed by atoms with Crippen LogP contribution in [0.4, 0.5) is 24.7 Å². The molecule has 42 heavy (non-hydrogen) atoms. The molecule has 0 aliphatic carbocycles. The fourth-order valence-electron chi connectivity index (χ4n) is 4.59. The smallest absolute Gasteiger partial charge is 0.339 e. The number of hydrogen-bond acceptors (Lipinski definition) is 5. The quantitative estimate of drug-likeness (QED) is 0.206. The highest BCUT2D eigenvalue weighted by molar-refractivity contribution is 6.09. The standard InChI is InChI=1S/C31H26F3N5O3/c1-20-35-28(42-37-20)15-21-7-9-22(10-8-21)17-39(19-40)29-16-25(18-38(29)2)36-30(41)27-6-4-3-5-26(27)23-11-13-24(14-12-23)31(32,33)34/h3-14,16,18-19H,15,17H2,1-2H3,(H,36,41). The first-order valence-electron chi connectivity index (χ1n) is 12.9. The van der Waals surface area contributed by atoms with E-state index in [1.54, 1.807) is 55.1 Å². The van der Waals surface area contributed by atoms with Crippen molar-refractivity contribution >= 4 is 23.8 Å². The highest BCUT2D eigenvalue weighted by Gasteiger charge is 2.30. The number of nitrogens with zero attached hydrogens (tertiary/aromatic N) is 4. The Bertz CT molecular complexity index is 1710. The van der Waals surface area contributed by atoms with Crippen molar-refractivity contribution in [2.45, 2.75) is 26.1 Å². The van der Waals surface area contributed by atoms with Gasteiger partial charge in [-0.05, 0) is 47.4 Å². The number of halogens is 3. The average Bonchev–Trinajstić information content (AvgIpc) is 3.56. The van der Waals surface area contributed by atoms with E-state index in [9.17, 15) is 22.8 Å². The lowest BCUT2D eigenvalue weighted by Crippen LogP contribution is -2.22. The second kappa shape index (κ2) is 11.7. The Morgan fingerprint density at radius 3 is 2.36 bits per heavy atom. The number of anilines is 2. The SMILES string of the molecule is Cc1noc(Cc2ccc(CN(C=O)c3cc(NC(=O)c4ccccc4-c4ccc(C(F)(F)F)cc4)cn3C)cc2)n1. The summed E-state index contributed by atoms with van der Waals surface area (Å²) in [5, 5.41) is 6.63. The second-order valence-electron chi connectivity index (χ2n) is 9.73. The molecule has 0 atom stereocenters. The van der Waals surface area contributed by atoms with Crippen LogP contribution in [0.5, 0.6) is 0 Å². The predicted octanol–water partition coefficient (Wildman–Crippen LogP) is 6.41. The summed E-state index contributed by atoms with van der Waals surface area (Å²) >= 11 is 0. The van der Waals surface area contributed by atoms with E-state index < -0.39 is 17.6 Å². The maximum absolute atomic E-state index is 13.3. The first-order chi connectivity index (χ1) is 20.1. The maximum Gasteiger partial charge on any atom is 0.416 e. The van der Waals surface area contributed by atoms with Gasteiger partial charge in [-0.3, -0.25) is 14.5 Å². The number of benzene rings is 3. The lowest BCUT2D eigenvalue weighted by molar-refractivity contribution is -0.137. The molecule has 2 aromatic heterocycles. The van der Waals surface area contributed by atoms with E-state index in [1.165, 1.54) is 17.0 Å². The Hall–Kier alpha value is -5.19. The summed E-state index contributed by atoms with van der Waals surface area (Å²) in [6.07, 6.45) is -1.55. The molecule has 5 rings (SSSR count). The zero-order chi connectivity index (χ0) is 29.9. The topological polar surface area (TPSA) is 93.3 Å². The molecule has 0 bridgehead atoms. The van der Waals surface area contributed by atoms with E-state index in [1.807, 2.05) is 24.3 Å². The number of rotatable bonds is 9. The molecule has 0 unspecified atom stereocenters. The first-order valence-corrected chi connectivity index (χ1v) is 12.9. The summed E-state index contributed by atoms with van der Waals surface area (Å²) in [6, 6.07) is 20.7. The highest BCUT2D eigenvalue weighted by Crippen LogP contribution is 2.32. The molecule has 0 saturated heterocycles. The van der Waals surface area contributed by atoms with Gasteiger partial charge >= 0.3 is 6.18 Å². The van der Waals surface area contributed by atoms with Crippen molar-refractivity contribution < 1.29 is 27.3 Å². The van der Waals surface area contributed by atoms with Gasteiger partial charge in [0.2, 0.25) is 12.3 Å². The van der Waals surface area contributed by atoms with Gasteiger partial charge in [0.1, 0.15) is 5.82 Å². The molecule has 0 aliphatic rings. The number of carbonyl (C=O) groups excluding carboxylic acids is 2. The monoisotopic (exact) mass is 573 g/mol. The van der Waals surface area contributed by atoms with E-state index in [-0.39, 0.29) is 0 Å². The van der Waals surface area contributed by atoms with Gasteiger partial charge in [0.25, 0.3) is 5.91 Å². The van der Waals surface area contributed by atoms with Crippen LogP contribution in [-0.2, 0) is 31.0 Å². The molecule has 2 amide bonds. The Morgan fingerprint density at radius 1 is 1.02 bits per heavy atom. The molecule has 214 valence electrons. The Morgan fingerprint density at radius 2 is 1.71 bits per heavy atom. The van der Waals surface area contributed by atoms with E-state index >= 15 is 0 Å². The fraction of sp³-hybridized carbons (Fsp3) is 0.161. The lowest BCUT2D eigenvalue weighted by Gasteiger charge is -2.18. The van der Waals surface area contributed by atoms with Crippen molar-refractivity contribution in [3.63, 3.8) is 0 Å². The predicted molar refractivity (Wildman–Crippen MR) is 151 cm³/mol. The zero-order valence-electron chi connectivity index (χ0n) is 22.7. The Balaban J connectivity index is 1.29. The number of aromatic nitrogens is 3. The molecule has 3 aromatic carbocycles. The van der Waals surface area contributed by atoms with Gasteiger partial charge in [0.05, 0.1) is 24.2 Å². The normalized spacial score (nSPS) is 11.4. The number of aryl methyl sites for hydroxylation is 2. The molecule has 0 fully saturated rings. The van der Waals surface area contributed by atoms with E-state index in [0.717, 1.165) is 29.7 Å². The van der Waals surface area contributed by atoms with Crippen LogP contribution in [0, 0.1) is 6.92 Å². The molecule has 0 spiro atoms. The largest absolute Gasteiger partial charge is 0.416 e. The van der Waals surface area contributed by atoms with E-state index in [2.05, 4.69) is 15.5 Å². The summed E-state index contributed by atoms with van der Waals surface area (Å²) in [5.74, 6) is 1.22. The molecule has 1 N–H and O–H groups in total. The minimum absolute atomic E-state index is 0.297. The van der Waals surface area contributed by atoms with Gasteiger partial charge in [0.15, 0.2) is 5.82 Å². The fourth-order valence-corrected chi connectivity index (χ4v) is 4.59. The first kappa shape index (κ1) is 28.3. The number of nitrogens with one attached hydrogen (secondary N) is 1. The molecular weight excluding hydrogens is 547 g/mol. The highest BCUT2D eigenvalue weighted by atomic mass is 19.4. The lowest BCUT2D eigenvalue weighted by atomic mass is 9.98. The van der Waals surface area contributed by atoms with Gasteiger partial charge in [-0.15, -0.1) is 0 Å². The molecule has 8 nitrogen and oxygen atoms in total. The minimum atomic E-state index is -4.45. The Kier molecular flexibility index (Phi) is 7.92. The third-order valence-corrected chi connectivity index (χ3v) is 6.65. The third kappa shape index (κ3) is 6.41. The van der Waals surface area contributed by atoms with E-state index in [0.29, 0.717) is 52.9 Å². The average molecular weight is 574 g/mol. The van der Waals surface area contributed by atoms with Crippen molar-refractivity contribution in [2.75, 3.05) is 10.2 Å². The van der Waals surface area contributed by atoms with Gasteiger partial charge in [0, 0.05) is 24.9 Å². The van der Waals surface area contributed by atoms with Crippen LogP contribution in [0.3, 0.4) is 0 Å². The van der Waals surface area contributed by atoms with Gasteiger partial charge in [-0.1, -0.05) is 59.8 Å². The molecule has 5 aromatic rings. The van der Waals surface area contributed by atoms with Crippen molar-refractivity contribution in [3.8, 4) is 11.1 Å². The summed E-state index contributed by atoms with van der Waals surface area (Å²) in [7, 11) is 1.76. The number of hydrogen-bond donors (Lipinski definition) is 1. The van der Waals surface area contributed by atoms with Gasteiger partial charge < -0.3 is 14.4 Å². The molecule has 2 heterocycles. The number of amides is 2. The molecular formula is C31H26F3N5O3. The molecule has 0 saturated carbocycles. The van der Waals surface area contributed by atoms with Crippen molar-refractivity contribution in [3.05, 3.63) is 119 Å². The zero-order valence-corrected chi connectivity index (χ0v) is 22.7. The number of carbonyl (C=O) groups is 2. The van der Waals surface area contributed by atoms with Crippen molar-refractivity contribution in [2.24, 2.45) is 7.05 Å². The second-order valence-corrected chi connectivity index (χ2v) is 9.73. The van der Waals surface area contributed by atoms with Crippen LogP contribution in [0.1, 0.15) is 38.8 Å². The van der Waals surface area contributed by atoms with E-state index in [4.69, 9.17) is 4.52 Å². The van der Waals surface area contributed by atoms with Crippen LogP contribution in [-0.4, -0.2) is 27.0 Å². The molecule has 0 radical (unpaired) electrons. The van der Waals surface area contributed by atoms with Crippen LogP contribution in [0.15, 0.2) is 89.6 Å². The van der Waals surface area contributed by atoms with Crippen LogP contribution in [0.25, 0.3) is 11.1 Å². The summed E-state index contributed by atoms with van der Waals surface area (Å²) in [5.41, 5.74) is 2.84. The van der Waals surface area contributed by atoms with Crippen molar-refractivity contribution in [1.82, 2.24) is 14.7 Å². The summed E-state index contributed by atoms with van der Waals surface area (Å²) in [4.78, 5) is 31.0. The summed E-state index contributed by atoms with van der Waals surface area (Å²) < 4.78 is 45.9. The van der Waals surface area contributed by atoms with Crippen LogP contribution in [0.2, 0.25) is 0 Å². The maximum atomic E-state index is 13.3. The molecule has 11 heteroatoms. The summed E-state index contributed by atoms with van der Waals surface area (Å²) in [6.45, 7) is 2.05. The van der Waals surface area contributed by atoms with Gasteiger partial charge in [-0.2, -0.15) is 18.2 Å². The van der Waals surface area contributed by atoms with Gasteiger partial charge in [-0.25, -0.2) is 0 Å². The Labute approximate surface area is 239 Å². The van der Waals surface area contributed by atoms with Crippen LogP contribution >= 0.6 is 0 Å².